The average Bonchev–Trinajstić information content (AvgIpc) is 2.36. The van der Waals surface area contributed by atoms with Crippen LogP contribution in [-0.2, 0) is 6.50 Å². The van der Waals surface area contributed by atoms with Crippen molar-refractivity contribution in [2.24, 2.45) is 0 Å². The molecule has 3 nitrogen and oxygen atoms in total. The van der Waals surface area contributed by atoms with Gasteiger partial charge in [0.05, 0.1) is 8.30 Å². The van der Waals surface area contributed by atoms with Crippen molar-refractivity contribution in [3.05, 3.63) is 29.6 Å². The molecule has 0 radical (unpaired) electrons. The molecule has 13 heavy (non-hydrogen) atoms. The van der Waals surface area contributed by atoms with E-state index in [0.29, 0.717) is 11.1 Å². The van der Waals surface area contributed by atoms with Crippen LogP contribution in [0.4, 0.5) is 0 Å². The lowest BCUT2D eigenvalue weighted by Crippen LogP contribution is -2.30. The summed E-state index contributed by atoms with van der Waals surface area (Å²) < 4.78 is 15.9. The number of pyridine rings is 1. The zero-order valence-electron chi connectivity index (χ0n) is 9.61. The van der Waals surface area contributed by atoms with Crippen molar-refractivity contribution in [3.63, 3.8) is 0 Å². The van der Waals surface area contributed by atoms with Gasteiger partial charge < -0.3 is 4.90 Å². The highest BCUT2D eigenvalue weighted by Gasteiger charge is 2.28. The summed E-state index contributed by atoms with van der Waals surface area (Å²) >= 11 is 0. The Hall–Kier alpha value is -1.38. The molecule has 1 aromatic rings. The van der Waals surface area contributed by atoms with E-state index in [-0.39, 0.29) is 11.9 Å². The molecule has 0 saturated heterocycles. The second-order valence-corrected chi connectivity index (χ2v) is 3.30. The van der Waals surface area contributed by atoms with Crippen LogP contribution in [0.3, 0.4) is 0 Å². The van der Waals surface area contributed by atoms with Crippen molar-refractivity contribution in [1.29, 1.82) is 0 Å². The van der Waals surface area contributed by atoms with E-state index in [2.05, 4.69) is 4.98 Å². The first kappa shape index (κ1) is 6.13. The number of carbonyl (C=O) groups is 1. The molecule has 0 aliphatic carbocycles. The number of nitrogens with zero attached hydrogens (tertiary/aromatic N) is 2. The van der Waals surface area contributed by atoms with E-state index in [1.54, 1.807) is 19.9 Å². The summed E-state index contributed by atoms with van der Waals surface area (Å²) in [5.74, 6) is -0.280. The van der Waals surface area contributed by atoms with Gasteiger partial charge in [-0.3, -0.25) is 9.78 Å². The summed E-state index contributed by atoms with van der Waals surface area (Å²) in [5.41, 5.74) is 0.785. The first-order valence-corrected chi connectivity index (χ1v) is 4.24. The van der Waals surface area contributed by atoms with Gasteiger partial charge in [0.15, 0.2) is 0 Å². The highest BCUT2D eigenvalue weighted by Crippen LogP contribution is 2.22. The Balaban J connectivity index is 2.60. The molecular weight excluding hydrogens is 164 g/mol. The van der Waals surface area contributed by atoms with Crippen LogP contribution >= 0.6 is 0 Å². The maximum Gasteiger partial charge on any atom is 0.256 e. The van der Waals surface area contributed by atoms with E-state index in [9.17, 15) is 4.79 Å². The molecule has 0 unspecified atom stereocenters. The molecule has 2 heterocycles. The molecule has 0 bridgehead atoms. The minimum atomic E-state index is -1.72. The van der Waals surface area contributed by atoms with Crippen LogP contribution in [-0.4, -0.2) is 21.8 Å². The van der Waals surface area contributed by atoms with Crippen molar-refractivity contribution in [2.75, 3.05) is 0 Å². The molecule has 68 valence electrons. The van der Waals surface area contributed by atoms with Gasteiger partial charge in [-0.25, -0.2) is 0 Å². The Bertz CT molecular complexity index is 418. The smallest absolute Gasteiger partial charge is 0.256 e. The van der Waals surface area contributed by atoms with Crippen molar-refractivity contribution in [2.45, 2.75) is 26.4 Å². The first-order valence-electron chi connectivity index (χ1n) is 5.24. The number of rotatable bonds is 1. The fraction of sp³-hybridized carbons (Fsp3) is 0.400. The van der Waals surface area contributed by atoms with Gasteiger partial charge in [-0.2, -0.15) is 0 Å². The van der Waals surface area contributed by atoms with Crippen LogP contribution in [0.2, 0.25) is 0 Å². The SMILES string of the molecule is [2H]C1([2H])c2ccncc2C(=O)N1C(C)C. The monoisotopic (exact) mass is 178 g/mol. The first-order chi connectivity index (χ1) is 6.96. The van der Waals surface area contributed by atoms with Crippen LogP contribution < -0.4 is 0 Å². The molecular formula is C10H12N2O. The second kappa shape index (κ2) is 2.83. The van der Waals surface area contributed by atoms with Gasteiger partial charge >= 0.3 is 0 Å². The average molecular weight is 178 g/mol. The maximum absolute atomic E-state index is 11.9. The molecule has 1 amide bonds. The molecule has 0 saturated carbocycles. The fourth-order valence-electron chi connectivity index (χ4n) is 1.34. The molecule has 1 aliphatic rings. The fourth-order valence-corrected chi connectivity index (χ4v) is 1.34. The van der Waals surface area contributed by atoms with Gasteiger partial charge in [0, 0.05) is 24.9 Å². The lowest BCUT2D eigenvalue weighted by Gasteiger charge is -2.19. The van der Waals surface area contributed by atoms with Crippen molar-refractivity contribution in [1.82, 2.24) is 9.88 Å². The number of amides is 1. The standard InChI is InChI=1S/C10H12N2O/c1-7(2)12-6-8-3-4-11-5-9(8)10(12)13/h3-5,7H,6H2,1-2H3/i6D2. The van der Waals surface area contributed by atoms with Gasteiger partial charge in [0.1, 0.15) is 0 Å². The summed E-state index contributed by atoms with van der Waals surface area (Å²) in [7, 11) is 0. The molecule has 0 N–H and O–H groups in total. The highest BCUT2D eigenvalue weighted by molar-refractivity contribution is 5.98. The van der Waals surface area contributed by atoms with Crippen LogP contribution in [0.1, 0.15) is 32.5 Å². The molecule has 0 fully saturated rings. The van der Waals surface area contributed by atoms with Crippen LogP contribution in [0, 0.1) is 0 Å². The molecule has 3 heteroatoms. The van der Waals surface area contributed by atoms with Crippen LogP contribution in [0.25, 0.3) is 0 Å². The predicted molar refractivity (Wildman–Crippen MR) is 49.2 cm³/mol. The minimum Gasteiger partial charge on any atom is -0.332 e. The number of carbonyl (C=O) groups excluding carboxylic acids is 1. The Morgan fingerprint density at radius 2 is 2.46 bits per heavy atom. The van der Waals surface area contributed by atoms with Gasteiger partial charge in [0.2, 0.25) is 0 Å². The van der Waals surface area contributed by atoms with E-state index in [1.165, 1.54) is 17.3 Å². The zero-order valence-corrected chi connectivity index (χ0v) is 7.61. The Morgan fingerprint density at radius 3 is 3.08 bits per heavy atom. The van der Waals surface area contributed by atoms with E-state index in [1.807, 2.05) is 0 Å². The van der Waals surface area contributed by atoms with Crippen LogP contribution in [0.5, 0.6) is 0 Å². The third-order valence-corrected chi connectivity index (χ3v) is 2.03. The Kier molecular flexibility index (Phi) is 1.34. The van der Waals surface area contributed by atoms with Crippen molar-refractivity contribution >= 4 is 5.91 Å². The molecule has 1 aromatic heterocycles. The summed E-state index contributed by atoms with van der Waals surface area (Å²) in [5, 5.41) is 0. The molecule has 0 aromatic carbocycles. The third-order valence-electron chi connectivity index (χ3n) is 2.03. The second-order valence-electron chi connectivity index (χ2n) is 3.30. The topological polar surface area (TPSA) is 33.2 Å². The van der Waals surface area contributed by atoms with E-state index in [0.717, 1.165) is 0 Å². The summed E-state index contributed by atoms with van der Waals surface area (Å²) in [6, 6.07) is 1.40. The summed E-state index contributed by atoms with van der Waals surface area (Å²) in [6.07, 6.45) is 2.94. The Labute approximate surface area is 80.2 Å². The van der Waals surface area contributed by atoms with Crippen molar-refractivity contribution < 1.29 is 7.54 Å². The maximum atomic E-state index is 11.9. The van der Waals surface area contributed by atoms with E-state index in [4.69, 9.17) is 2.74 Å². The minimum absolute atomic E-state index is 0.167. The Morgan fingerprint density at radius 1 is 1.69 bits per heavy atom. The number of hydrogen-bond acceptors (Lipinski definition) is 2. The normalized spacial score (nSPS) is 21.5. The van der Waals surface area contributed by atoms with Gasteiger partial charge in [0.25, 0.3) is 5.91 Å². The van der Waals surface area contributed by atoms with Crippen LogP contribution in [0.15, 0.2) is 18.5 Å². The molecule has 0 atom stereocenters. The predicted octanol–water partition coefficient (Wildman–Crippen LogP) is 1.45. The lowest BCUT2D eigenvalue weighted by atomic mass is 10.2. The molecule has 2 rings (SSSR count). The van der Waals surface area contributed by atoms with E-state index >= 15 is 0 Å². The zero-order chi connectivity index (χ0) is 11.2. The third kappa shape index (κ3) is 1.20. The molecule has 0 spiro atoms. The number of fused-ring (bicyclic) bond motifs is 1. The summed E-state index contributed by atoms with van der Waals surface area (Å²) in [6.45, 7) is 1.88. The van der Waals surface area contributed by atoms with E-state index < -0.39 is 6.50 Å². The summed E-state index contributed by atoms with van der Waals surface area (Å²) in [4.78, 5) is 17.0. The largest absolute Gasteiger partial charge is 0.332 e. The molecule has 1 aliphatic heterocycles. The van der Waals surface area contributed by atoms with Gasteiger partial charge in [-0.15, -0.1) is 0 Å². The lowest BCUT2D eigenvalue weighted by molar-refractivity contribution is 0.0730. The number of aromatic nitrogens is 1. The quantitative estimate of drug-likeness (QED) is 0.652. The highest BCUT2D eigenvalue weighted by atomic mass is 16.2. The van der Waals surface area contributed by atoms with Crippen molar-refractivity contribution in [3.8, 4) is 0 Å². The van der Waals surface area contributed by atoms with Gasteiger partial charge in [-0.1, -0.05) is 0 Å². The van der Waals surface area contributed by atoms with Gasteiger partial charge in [-0.05, 0) is 25.5 Å². The number of hydrogen-bond donors (Lipinski definition) is 0.